The Balaban J connectivity index is 2.09. The number of methoxy groups -OCH3 is 1. The number of fused-ring (bicyclic) bond motifs is 1. The van der Waals surface area contributed by atoms with E-state index in [0.717, 1.165) is 48.0 Å². The number of hydrogen-bond acceptors (Lipinski definition) is 5. The Morgan fingerprint density at radius 2 is 2.09 bits per heavy atom. The van der Waals surface area contributed by atoms with Crippen LogP contribution in [0.15, 0.2) is 10.9 Å². The quantitative estimate of drug-likeness (QED) is 0.633. The minimum atomic E-state index is -0.756. The lowest BCUT2D eigenvalue weighted by Crippen LogP contribution is -2.42. The second-order valence-corrected chi connectivity index (χ2v) is 5.49. The molecule has 1 aromatic heterocycles. The summed E-state index contributed by atoms with van der Waals surface area (Å²) in [5.41, 5.74) is 1.59. The summed E-state index contributed by atoms with van der Waals surface area (Å²) in [7, 11) is 1.25. The molecule has 0 fully saturated rings. The molecule has 2 rings (SSSR count). The standard InChI is InChI=1S/C15H21N3O4/c1-10(15(21)22-2)16-13(19)9-18-14(20)8-11-6-4-3-5-7-12(11)17-18/h8,10H,3-7,9H2,1-2H3,(H,16,19). The van der Waals surface area contributed by atoms with Crippen LogP contribution < -0.4 is 10.9 Å². The Labute approximate surface area is 128 Å². The zero-order valence-electron chi connectivity index (χ0n) is 12.9. The summed E-state index contributed by atoms with van der Waals surface area (Å²) >= 11 is 0. The first-order valence-corrected chi connectivity index (χ1v) is 7.48. The summed E-state index contributed by atoms with van der Waals surface area (Å²) in [5.74, 6) is -0.975. The van der Waals surface area contributed by atoms with Gasteiger partial charge in [-0.1, -0.05) is 6.42 Å². The Kier molecular flexibility index (Phi) is 5.30. The number of esters is 1. The summed E-state index contributed by atoms with van der Waals surface area (Å²) in [6.45, 7) is 1.32. The zero-order valence-corrected chi connectivity index (χ0v) is 12.9. The first kappa shape index (κ1) is 16.2. The monoisotopic (exact) mass is 307 g/mol. The molecule has 1 aromatic rings. The largest absolute Gasteiger partial charge is 0.467 e. The first-order valence-electron chi connectivity index (χ1n) is 7.48. The molecule has 0 aliphatic heterocycles. The third-order valence-corrected chi connectivity index (χ3v) is 3.75. The number of ether oxygens (including phenoxy) is 1. The van der Waals surface area contributed by atoms with E-state index in [0.29, 0.717) is 0 Å². The second-order valence-electron chi connectivity index (χ2n) is 5.49. The van der Waals surface area contributed by atoms with Gasteiger partial charge in [0.15, 0.2) is 0 Å². The molecule has 0 saturated carbocycles. The molecule has 0 radical (unpaired) electrons. The van der Waals surface area contributed by atoms with Crippen molar-refractivity contribution in [1.82, 2.24) is 15.1 Å². The molecule has 7 heteroatoms. The molecule has 7 nitrogen and oxygen atoms in total. The maximum Gasteiger partial charge on any atom is 0.328 e. The van der Waals surface area contributed by atoms with Crippen molar-refractivity contribution < 1.29 is 14.3 Å². The van der Waals surface area contributed by atoms with Gasteiger partial charge >= 0.3 is 5.97 Å². The molecule has 1 atom stereocenters. The number of nitrogens with one attached hydrogen (secondary N) is 1. The van der Waals surface area contributed by atoms with Crippen LogP contribution in [0.2, 0.25) is 0 Å². The molecule has 0 saturated heterocycles. The highest BCUT2D eigenvalue weighted by Crippen LogP contribution is 2.16. The van der Waals surface area contributed by atoms with Crippen LogP contribution in [-0.4, -0.2) is 34.8 Å². The van der Waals surface area contributed by atoms with Gasteiger partial charge in [0.1, 0.15) is 12.6 Å². The number of carbonyl (C=O) groups is 2. The topological polar surface area (TPSA) is 90.3 Å². The summed E-state index contributed by atoms with van der Waals surface area (Å²) in [6.07, 6.45) is 4.93. The lowest BCUT2D eigenvalue weighted by atomic mass is 10.1. The van der Waals surface area contributed by atoms with E-state index in [1.165, 1.54) is 14.0 Å². The molecule has 0 aromatic carbocycles. The van der Waals surface area contributed by atoms with Crippen LogP contribution in [-0.2, 0) is 33.7 Å². The van der Waals surface area contributed by atoms with Crippen molar-refractivity contribution in [1.29, 1.82) is 0 Å². The summed E-state index contributed by atoms with van der Waals surface area (Å²) in [4.78, 5) is 35.2. The Hall–Kier alpha value is -2.18. The van der Waals surface area contributed by atoms with E-state index in [9.17, 15) is 14.4 Å². The van der Waals surface area contributed by atoms with E-state index in [1.807, 2.05) is 0 Å². The number of aromatic nitrogens is 2. The molecule has 0 spiro atoms. The van der Waals surface area contributed by atoms with Gasteiger partial charge in [-0.25, -0.2) is 9.48 Å². The third kappa shape index (κ3) is 3.93. The molecule has 1 amide bonds. The zero-order chi connectivity index (χ0) is 16.1. The number of amides is 1. The first-order chi connectivity index (χ1) is 10.5. The fraction of sp³-hybridized carbons (Fsp3) is 0.600. The number of aryl methyl sites for hydroxylation is 2. The molecule has 1 N–H and O–H groups in total. The Morgan fingerprint density at radius 1 is 1.36 bits per heavy atom. The van der Waals surface area contributed by atoms with Gasteiger partial charge in [0, 0.05) is 6.07 Å². The van der Waals surface area contributed by atoms with Crippen molar-refractivity contribution in [3.8, 4) is 0 Å². The molecule has 0 bridgehead atoms. The van der Waals surface area contributed by atoms with Crippen molar-refractivity contribution in [2.75, 3.05) is 7.11 Å². The fourth-order valence-corrected chi connectivity index (χ4v) is 2.55. The van der Waals surface area contributed by atoms with E-state index in [1.54, 1.807) is 6.07 Å². The van der Waals surface area contributed by atoms with Crippen molar-refractivity contribution in [2.45, 2.75) is 51.6 Å². The van der Waals surface area contributed by atoms with E-state index < -0.39 is 17.9 Å². The van der Waals surface area contributed by atoms with Crippen molar-refractivity contribution in [2.24, 2.45) is 0 Å². The van der Waals surface area contributed by atoms with Crippen molar-refractivity contribution in [3.05, 3.63) is 27.7 Å². The van der Waals surface area contributed by atoms with Crippen LogP contribution in [0.5, 0.6) is 0 Å². The predicted molar refractivity (Wildman–Crippen MR) is 79.4 cm³/mol. The van der Waals surface area contributed by atoms with Crippen LogP contribution in [0.25, 0.3) is 0 Å². The third-order valence-electron chi connectivity index (χ3n) is 3.75. The smallest absolute Gasteiger partial charge is 0.328 e. The van der Waals surface area contributed by atoms with Crippen LogP contribution in [0, 0.1) is 0 Å². The van der Waals surface area contributed by atoms with Crippen molar-refractivity contribution >= 4 is 11.9 Å². The van der Waals surface area contributed by atoms with E-state index in [4.69, 9.17) is 0 Å². The summed E-state index contributed by atoms with van der Waals surface area (Å²) in [6, 6.07) is 0.819. The van der Waals surface area contributed by atoms with Crippen LogP contribution in [0.3, 0.4) is 0 Å². The van der Waals surface area contributed by atoms with Gasteiger partial charge < -0.3 is 10.1 Å². The van der Waals surface area contributed by atoms with E-state index in [2.05, 4.69) is 15.2 Å². The normalized spacial score (nSPS) is 15.4. The molecule has 1 unspecified atom stereocenters. The number of hydrogen-bond donors (Lipinski definition) is 1. The molecule has 1 heterocycles. The Bertz CT molecular complexity index is 624. The average Bonchev–Trinajstić information content (AvgIpc) is 2.71. The summed E-state index contributed by atoms with van der Waals surface area (Å²) in [5, 5.41) is 6.80. The van der Waals surface area contributed by atoms with E-state index >= 15 is 0 Å². The van der Waals surface area contributed by atoms with Gasteiger partial charge in [0.25, 0.3) is 5.56 Å². The maximum atomic E-state index is 12.0. The molecule has 22 heavy (non-hydrogen) atoms. The lowest BCUT2D eigenvalue weighted by Gasteiger charge is -2.13. The van der Waals surface area contributed by atoms with Crippen molar-refractivity contribution in [3.63, 3.8) is 0 Å². The van der Waals surface area contributed by atoms with Gasteiger partial charge in [-0.3, -0.25) is 9.59 Å². The Morgan fingerprint density at radius 3 is 2.82 bits per heavy atom. The lowest BCUT2D eigenvalue weighted by molar-refractivity contribution is -0.144. The van der Waals surface area contributed by atoms with Gasteiger partial charge in [0.2, 0.25) is 5.91 Å². The highest BCUT2D eigenvalue weighted by molar-refractivity contribution is 5.83. The highest BCUT2D eigenvalue weighted by atomic mass is 16.5. The SMILES string of the molecule is COC(=O)C(C)NC(=O)Cn1nc2c(cc1=O)CCCCC2. The van der Waals surface area contributed by atoms with Crippen LogP contribution in [0.4, 0.5) is 0 Å². The average molecular weight is 307 g/mol. The minimum absolute atomic E-state index is 0.201. The van der Waals surface area contributed by atoms with Crippen LogP contribution >= 0.6 is 0 Å². The molecule has 1 aliphatic rings. The minimum Gasteiger partial charge on any atom is -0.467 e. The van der Waals surface area contributed by atoms with E-state index in [-0.39, 0.29) is 12.1 Å². The second kappa shape index (κ2) is 7.20. The molecule has 120 valence electrons. The molecular weight excluding hydrogens is 286 g/mol. The van der Waals surface area contributed by atoms with Gasteiger partial charge in [-0.15, -0.1) is 0 Å². The number of nitrogens with zero attached hydrogens (tertiary/aromatic N) is 2. The highest BCUT2D eigenvalue weighted by Gasteiger charge is 2.18. The maximum absolute atomic E-state index is 12.0. The predicted octanol–water partition coefficient (Wildman–Crippen LogP) is 0.190. The summed E-state index contributed by atoms with van der Waals surface area (Å²) < 4.78 is 5.69. The molecular formula is C15H21N3O4. The number of carbonyl (C=O) groups excluding carboxylic acids is 2. The number of rotatable bonds is 4. The fourth-order valence-electron chi connectivity index (χ4n) is 2.55. The van der Waals surface area contributed by atoms with Crippen LogP contribution in [0.1, 0.15) is 37.4 Å². The van der Waals surface area contributed by atoms with Gasteiger partial charge in [-0.05, 0) is 38.2 Å². The van der Waals surface area contributed by atoms with Gasteiger partial charge in [-0.2, -0.15) is 5.10 Å². The van der Waals surface area contributed by atoms with Gasteiger partial charge in [0.05, 0.1) is 12.8 Å². The molecule has 1 aliphatic carbocycles.